The number of nitriles is 1. The normalized spacial score (nSPS) is 10.8. The summed E-state index contributed by atoms with van der Waals surface area (Å²) >= 11 is 6.29. The minimum atomic E-state index is 0.487. The van der Waals surface area contributed by atoms with Gasteiger partial charge in [0, 0.05) is 11.8 Å². The highest BCUT2D eigenvalue weighted by Gasteiger charge is 2.18. The van der Waals surface area contributed by atoms with E-state index in [1.165, 1.54) is 5.56 Å². The summed E-state index contributed by atoms with van der Waals surface area (Å²) in [5.74, 6) is 0.730. The molecule has 2 aromatic heterocycles. The van der Waals surface area contributed by atoms with Gasteiger partial charge in [-0.3, -0.25) is 5.10 Å². The molecule has 2 heterocycles. The predicted octanol–water partition coefficient (Wildman–Crippen LogP) is 4.91. The van der Waals surface area contributed by atoms with E-state index in [2.05, 4.69) is 21.5 Å². The highest BCUT2D eigenvalue weighted by molar-refractivity contribution is 6.33. The minimum Gasteiger partial charge on any atom is -0.337 e. The molecule has 0 radical (unpaired) electrons. The lowest BCUT2D eigenvalue weighted by Crippen LogP contribution is -1.98. The second kappa shape index (κ2) is 6.00. The Balaban J connectivity index is 1.92. The van der Waals surface area contributed by atoms with Gasteiger partial charge in [0.15, 0.2) is 11.5 Å². The standard InChI is InChI=1S/C19H14ClN5/c1-12-6-8-13(9-7-12)17-19(23-16-5-3-2-4-15(16)20)25-18(24-17)14(10-21)11-22-25/h2-9,11,22-23H,1H3. The Morgan fingerprint density at radius 1 is 1.16 bits per heavy atom. The highest BCUT2D eigenvalue weighted by Crippen LogP contribution is 2.33. The van der Waals surface area contributed by atoms with Crippen LogP contribution in [-0.2, 0) is 0 Å². The van der Waals surface area contributed by atoms with Crippen molar-refractivity contribution >= 4 is 28.8 Å². The molecule has 6 heteroatoms. The smallest absolute Gasteiger partial charge is 0.173 e. The monoisotopic (exact) mass is 347 g/mol. The van der Waals surface area contributed by atoms with E-state index in [-0.39, 0.29) is 0 Å². The van der Waals surface area contributed by atoms with Gasteiger partial charge >= 0.3 is 0 Å². The van der Waals surface area contributed by atoms with Gasteiger partial charge in [-0.05, 0) is 19.1 Å². The van der Waals surface area contributed by atoms with Crippen molar-refractivity contribution in [3.05, 3.63) is 70.9 Å². The molecule has 4 aromatic rings. The molecule has 0 fully saturated rings. The number of rotatable bonds is 3. The number of aromatic amines is 1. The number of H-pyrrole nitrogens is 1. The van der Waals surface area contributed by atoms with E-state index >= 15 is 0 Å². The lowest BCUT2D eigenvalue weighted by atomic mass is 10.1. The molecule has 5 nitrogen and oxygen atoms in total. The second-order valence-corrected chi connectivity index (χ2v) is 6.15. The average molecular weight is 348 g/mol. The van der Waals surface area contributed by atoms with Crippen LogP contribution in [-0.4, -0.2) is 14.6 Å². The molecular weight excluding hydrogens is 334 g/mol. The molecule has 0 aliphatic heterocycles. The fourth-order valence-electron chi connectivity index (χ4n) is 2.72. The first-order valence-corrected chi connectivity index (χ1v) is 8.13. The summed E-state index contributed by atoms with van der Waals surface area (Å²) in [5, 5.41) is 16.3. The van der Waals surface area contributed by atoms with Crippen molar-refractivity contribution in [1.82, 2.24) is 14.6 Å². The maximum absolute atomic E-state index is 9.30. The van der Waals surface area contributed by atoms with Crippen molar-refractivity contribution in [3.63, 3.8) is 0 Å². The molecule has 0 atom stereocenters. The van der Waals surface area contributed by atoms with Gasteiger partial charge in [-0.25, -0.2) is 9.50 Å². The molecule has 0 unspecified atom stereocenters. The van der Waals surface area contributed by atoms with E-state index in [9.17, 15) is 5.26 Å². The number of nitrogens with one attached hydrogen (secondary N) is 2. The molecule has 0 aliphatic carbocycles. The largest absolute Gasteiger partial charge is 0.337 e. The third-order valence-corrected chi connectivity index (χ3v) is 4.36. The van der Waals surface area contributed by atoms with E-state index in [0.717, 1.165) is 22.8 Å². The summed E-state index contributed by atoms with van der Waals surface area (Å²) in [4.78, 5) is 4.67. The molecule has 25 heavy (non-hydrogen) atoms. The average Bonchev–Trinajstić information content (AvgIpc) is 3.17. The van der Waals surface area contributed by atoms with Crippen LogP contribution in [0.4, 0.5) is 11.5 Å². The van der Waals surface area contributed by atoms with E-state index in [4.69, 9.17) is 11.6 Å². The molecule has 4 rings (SSSR count). The third-order valence-electron chi connectivity index (χ3n) is 4.03. The van der Waals surface area contributed by atoms with Crippen molar-refractivity contribution in [2.75, 3.05) is 5.32 Å². The first-order chi connectivity index (χ1) is 12.2. The summed E-state index contributed by atoms with van der Waals surface area (Å²) in [6, 6.07) is 17.8. The Hall–Kier alpha value is -3.23. The number of aromatic nitrogens is 3. The van der Waals surface area contributed by atoms with Crippen LogP contribution in [0.15, 0.2) is 54.7 Å². The van der Waals surface area contributed by atoms with Crippen LogP contribution in [0.25, 0.3) is 16.9 Å². The van der Waals surface area contributed by atoms with Crippen LogP contribution in [0.2, 0.25) is 5.02 Å². The summed E-state index contributed by atoms with van der Waals surface area (Å²) in [6.07, 6.45) is 1.64. The van der Waals surface area contributed by atoms with Gasteiger partial charge < -0.3 is 5.32 Å². The number of nitrogens with zero attached hydrogens (tertiary/aromatic N) is 3. The number of para-hydroxylation sites is 1. The van der Waals surface area contributed by atoms with Gasteiger partial charge in [0.1, 0.15) is 17.3 Å². The number of anilines is 2. The van der Waals surface area contributed by atoms with Crippen LogP contribution in [0, 0.1) is 18.3 Å². The van der Waals surface area contributed by atoms with E-state index in [0.29, 0.717) is 16.2 Å². The molecule has 2 N–H and O–H groups in total. The zero-order chi connectivity index (χ0) is 17.4. The number of hydrogen-bond donors (Lipinski definition) is 2. The first-order valence-electron chi connectivity index (χ1n) is 7.76. The summed E-state index contributed by atoms with van der Waals surface area (Å²) in [5.41, 5.74) is 4.72. The van der Waals surface area contributed by atoms with Crippen molar-refractivity contribution in [3.8, 4) is 17.3 Å². The number of halogens is 1. The Bertz CT molecular complexity index is 1100. The highest BCUT2D eigenvalue weighted by atomic mass is 35.5. The first kappa shape index (κ1) is 15.3. The van der Waals surface area contributed by atoms with E-state index < -0.39 is 0 Å². The molecule has 0 saturated heterocycles. The van der Waals surface area contributed by atoms with Crippen LogP contribution in [0.5, 0.6) is 0 Å². The topological polar surface area (TPSA) is 68.9 Å². The zero-order valence-corrected chi connectivity index (χ0v) is 14.2. The van der Waals surface area contributed by atoms with Crippen molar-refractivity contribution in [2.24, 2.45) is 0 Å². The van der Waals surface area contributed by atoms with Crippen LogP contribution < -0.4 is 5.32 Å². The van der Waals surface area contributed by atoms with Crippen molar-refractivity contribution < 1.29 is 0 Å². The quantitative estimate of drug-likeness (QED) is 0.553. The molecule has 0 saturated carbocycles. The van der Waals surface area contributed by atoms with Crippen LogP contribution in [0.3, 0.4) is 0 Å². The number of imidazole rings is 1. The Kier molecular flexibility index (Phi) is 3.68. The molecule has 0 amide bonds. The maximum atomic E-state index is 9.30. The lowest BCUT2D eigenvalue weighted by Gasteiger charge is -2.09. The fourth-order valence-corrected chi connectivity index (χ4v) is 2.90. The molecule has 2 aromatic carbocycles. The van der Waals surface area contributed by atoms with Gasteiger partial charge in [0.25, 0.3) is 0 Å². The van der Waals surface area contributed by atoms with Gasteiger partial charge in [0.2, 0.25) is 0 Å². The molecule has 0 spiro atoms. The molecular formula is C19H14ClN5. The van der Waals surface area contributed by atoms with E-state index in [1.807, 2.05) is 55.5 Å². The van der Waals surface area contributed by atoms with Gasteiger partial charge in [-0.1, -0.05) is 53.6 Å². The Morgan fingerprint density at radius 3 is 2.64 bits per heavy atom. The van der Waals surface area contributed by atoms with Gasteiger partial charge in [0.05, 0.1) is 10.7 Å². The number of aryl methyl sites for hydroxylation is 1. The number of benzene rings is 2. The molecule has 0 aliphatic rings. The van der Waals surface area contributed by atoms with Crippen LogP contribution in [0.1, 0.15) is 11.1 Å². The summed E-state index contributed by atoms with van der Waals surface area (Å²) in [7, 11) is 0. The van der Waals surface area contributed by atoms with E-state index in [1.54, 1.807) is 10.7 Å². The zero-order valence-electron chi connectivity index (χ0n) is 13.4. The third kappa shape index (κ3) is 2.63. The maximum Gasteiger partial charge on any atom is 0.173 e. The minimum absolute atomic E-state index is 0.487. The predicted molar refractivity (Wildman–Crippen MR) is 99.2 cm³/mol. The summed E-state index contributed by atoms with van der Waals surface area (Å²) < 4.78 is 1.76. The molecule has 122 valence electrons. The Labute approximate surface area is 149 Å². The van der Waals surface area contributed by atoms with Crippen molar-refractivity contribution in [2.45, 2.75) is 6.92 Å². The summed E-state index contributed by atoms with van der Waals surface area (Å²) in [6.45, 7) is 2.04. The van der Waals surface area contributed by atoms with Gasteiger partial charge in [-0.2, -0.15) is 5.26 Å². The van der Waals surface area contributed by atoms with Gasteiger partial charge in [-0.15, -0.1) is 0 Å². The van der Waals surface area contributed by atoms with Crippen LogP contribution >= 0.6 is 11.6 Å². The fraction of sp³-hybridized carbons (Fsp3) is 0.0526. The second-order valence-electron chi connectivity index (χ2n) is 5.74. The number of hydrogen-bond acceptors (Lipinski definition) is 3. The van der Waals surface area contributed by atoms with Crippen molar-refractivity contribution in [1.29, 1.82) is 5.26 Å². The Morgan fingerprint density at radius 2 is 1.92 bits per heavy atom. The number of fused-ring (bicyclic) bond motifs is 1. The molecule has 0 bridgehead atoms. The SMILES string of the molecule is Cc1ccc(-c2nc3c(C#N)c[nH]n3c2Nc2ccccc2Cl)cc1. The lowest BCUT2D eigenvalue weighted by molar-refractivity contribution is 0.980.